The number of hydrogen-bond acceptors (Lipinski definition) is 3. The normalized spacial score (nSPS) is 10.5. The van der Waals surface area contributed by atoms with Gasteiger partial charge in [-0.1, -0.05) is 11.6 Å². The molecule has 0 unspecified atom stereocenters. The summed E-state index contributed by atoms with van der Waals surface area (Å²) in [6.07, 6.45) is 4.87. The summed E-state index contributed by atoms with van der Waals surface area (Å²) >= 11 is 5.68. The fourth-order valence-corrected chi connectivity index (χ4v) is 2.09. The topological polar surface area (TPSA) is 59.8 Å². The molecule has 0 atom stereocenters. The number of carbonyl (C=O) groups excluding carboxylic acids is 1. The summed E-state index contributed by atoms with van der Waals surface area (Å²) in [6.45, 7) is 0. The van der Waals surface area contributed by atoms with Gasteiger partial charge in [-0.05, 0) is 36.4 Å². The van der Waals surface area contributed by atoms with Gasteiger partial charge in [0.25, 0.3) is 5.91 Å². The van der Waals surface area contributed by atoms with Crippen LogP contribution < -0.4 is 5.32 Å². The van der Waals surface area contributed by atoms with Gasteiger partial charge in [-0.3, -0.25) is 4.79 Å². The van der Waals surface area contributed by atoms with Crippen molar-refractivity contribution in [1.82, 2.24) is 14.8 Å². The molecule has 0 spiro atoms. The standard InChI is InChI=1S/C15H10ClFN4O/c16-10-4-5-11(12(17)9-10)15(22)20-13-3-1-6-18-14(13)21-8-2-7-19-21/h1-9H,(H,20,22). The second-order valence-corrected chi connectivity index (χ2v) is 4.84. The van der Waals surface area contributed by atoms with Gasteiger partial charge >= 0.3 is 0 Å². The maximum absolute atomic E-state index is 13.8. The Hall–Kier alpha value is -2.73. The van der Waals surface area contributed by atoms with Crippen LogP contribution in [0.25, 0.3) is 5.82 Å². The zero-order chi connectivity index (χ0) is 15.5. The van der Waals surface area contributed by atoms with Crippen LogP contribution in [0.15, 0.2) is 55.0 Å². The Balaban J connectivity index is 1.92. The number of halogens is 2. The Kier molecular flexibility index (Phi) is 3.84. The third-order valence-electron chi connectivity index (χ3n) is 2.93. The van der Waals surface area contributed by atoms with Crippen molar-refractivity contribution in [3.63, 3.8) is 0 Å². The van der Waals surface area contributed by atoms with E-state index in [1.807, 2.05) is 0 Å². The van der Waals surface area contributed by atoms with E-state index >= 15 is 0 Å². The maximum atomic E-state index is 13.8. The third kappa shape index (κ3) is 2.82. The molecule has 0 aliphatic carbocycles. The van der Waals surface area contributed by atoms with E-state index in [-0.39, 0.29) is 10.6 Å². The van der Waals surface area contributed by atoms with Gasteiger partial charge in [0.15, 0.2) is 5.82 Å². The summed E-state index contributed by atoms with van der Waals surface area (Å²) in [7, 11) is 0. The van der Waals surface area contributed by atoms with Crippen LogP contribution in [-0.2, 0) is 0 Å². The Labute approximate surface area is 130 Å². The van der Waals surface area contributed by atoms with Crippen molar-refractivity contribution in [2.45, 2.75) is 0 Å². The fourth-order valence-electron chi connectivity index (χ4n) is 1.93. The van der Waals surface area contributed by atoms with Crippen molar-refractivity contribution >= 4 is 23.2 Å². The molecule has 22 heavy (non-hydrogen) atoms. The highest BCUT2D eigenvalue weighted by Crippen LogP contribution is 2.19. The lowest BCUT2D eigenvalue weighted by atomic mass is 10.2. The van der Waals surface area contributed by atoms with Gasteiger partial charge in [0, 0.05) is 23.6 Å². The van der Waals surface area contributed by atoms with Gasteiger partial charge in [0.05, 0.1) is 11.3 Å². The quantitative estimate of drug-likeness (QED) is 0.806. The largest absolute Gasteiger partial charge is 0.319 e. The molecule has 0 saturated heterocycles. The molecule has 2 heterocycles. The molecule has 1 amide bonds. The van der Waals surface area contributed by atoms with Crippen LogP contribution in [0.1, 0.15) is 10.4 Å². The molecule has 3 rings (SSSR count). The molecular weight excluding hydrogens is 307 g/mol. The minimum Gasteiger partial charge on any atom is -0.319 e. The second-order valence-electron chi connectivity index (χ2n) is 4.40. The van der Waals surface area contributed by atoms with Crippen molar-refractivity contribution in [3.05, 3.63) is 71.4 Å². The molecule has 0 aliphatic rings. The predicted molar refractivity (Wildman–Crippen MR) is 80.7 cm³/mol. The zero-order valence-electron chi connectivity index (χ0n) is 11.2. The van der Waals surface area contributed by atoms with Crippen LogP contribution in [0.3, 0.4) is 0 Å². The van der Waals surface area contributed by atoms with E-state index in [1.165, 1.54) is 16.8 Å². The molecule has 0 aliphatic heterocycles. The molecule has 5 nitrogen and oxygen atoms in total. The monoisotopic (exact) mass is 316 g/mol. The number of amides is 1. The molecule has 0 bridgehead atoms. The highest BCUT2D eigenvalue weighted by Gasteiger charge is 2.15. The first-order chi connectivity index (χ1) is 10.6. The van der Waals surface area contributed by atoms with Crippen molar-refractivity contribution < 1.29 is 9.18 Å². The van der Waals surface area contributed by atoms with Gasteiger partial charge in [-0.25, -0.2) is 14.1 Å². The summed E-state index contributed by atoms with van der Waals surface area (Å²) in [5.41, 5.74) is 0.324. The average Bonchev–Trinajstić information content (AvgIpc) is 3.01. The van der Waals surface area contributed by atoms with Crippen molar-refractivity contribution in [2.75, 3.05) is 5.32 Å². The lowest BCUT2D eigenvalue weighted by molar-refractivity contribution is 0.102. The van der Waals surface area contributed by atoms with Gasteiger partial charge in [-0.15, -0.1) is 0 Å². The van der Waals surface area contributed by atoms with Gasteiger partial charge in [-0.2, -0.15) is 5.10 Å². The predicted octanol–water partition coefficient (Wildman–Crippen LogP) is 3.31. The number of hydrogen-bond donors (Lipinski definition) is 1. The van der Waals surface area contributed by atoms with Gasteiger partial charge < -0.3 is 5.32 Å². The molecule has 3 aromatic rings. The number of pyridine rings is 1. The molecule has 7 heteroatoms. The third-order valence-corrected chi connectivity index (χ3v) is 3.17. The zero-order valence-corrected chi connectivity index (χ0v) is 12.0. The number of anilines is 1. The molecule has 0 fully saturated rings. The number of nitrogens with zero attached hydrogens (tertiary/aromatic N) is 3. The molecule has 2 aromatic heterocycles. The minimum absolute atomic E-state index is 0.0975. The maximum Gasteiger partial charge on any atom is 0.258 e. The fraction of sp³-hybridized carbons (Fsp3) is 0. The average molecular weight is 317 g/mol. The summed E-state index contributed by atoms with van der Waals surface area (Å²) < 4.78 is 15.3. The van der Waals surface area contributed by atoms with Crippen LogP contribution in [-0.4, -0.2) is 20.7 Å². The van der Waals surface area contributed by atoms with Crippen molar-refractivity contribution in [3.8, 4) is 5.82 Å². The number of aromatic nitrogens is 3. The van der Waals surface area contributed by atoms with E-state index in [1.54, 1.807) is 36.8 Å². The van der Waals surface area contributed by atoms with Crippen LogP contribution in [0, 0.1) is 5.82 Å². The Bertz CT molecular complexity index is 820. The molecule has 110 valence electrons. The van der Waals surface area contributed by atoms with Crippen LogP contribution in [0.5, 0.6) is 0 Å². The van der Waals surface area contributed by atoms with E-state index in [2.05, 4.69) is 15.4 Å². The summed E-state index contributed by atoms with van der Waals surface area (Å²) in [5, 5.41) is 6.93. The SMILES string of the molecule is O=C(Nc1cccnc1-n1cccn1)c1ccc(Cl)cc1F. The highest BCUT2D eigenvalue weighted by atomic mass is 35.5. The summed E-state index contributed by atoms with van der Waals surface area (Å²) in [6, 6.07) is 8.94. The van der Waals surface area contributed by atoms with E-state index < -0.39 is 11.7 Å². The number of nitrogens with one attached hydrogen (secondary N) is 1. The molecule has 1 N–H and O–H groups in total. The van der Waals surface area contributed by atoms with Crippen LogP contribution in [0.4, 0.5) is 10.1 Å². The summed E-state index contributed by atoms with van der Waals surface area (Å²) in [5.74, 6) is -0.833. The molecule has 1 aromatic carbocycles. The van der Waals surface area contributed by atoms with E-state index in [9.17, 15) is 9.18 Å². The number of carbonyl (C=O) groups is 1. The Morgan fingerprint density at radius 3 is 2.82 bits per heavy atom. The smallest absolute Gasteiger partial charge is 0.258 e. The lowest BCUT2D eigenvalue weighted by Gasteiger charge is -2.10. The van der Waals surface area contributed by atoms with Crippen LogP contribution >= 0.6 is 11.6 Å². The molecular formula is C15H10ClFN4O. The Morgan fingerprint density at radius 1 is 1.23 bits per heavy atom. The first-order valence-corrected chi connectivity index (χ1v) is 6.74. The highest BCUT2D eigenvalue weighted by molar-refractivity contribution is 6.30. The number of rotatable bonds is 3. The van der Waals surface area contributed by atoms with Crippen molar-refractivity contribution in [1.29, 1.82) is 0 Å². The van der Waals surface area contributed by atoms with E-state index in [4.69, 9.17) is 11.6 Å². The van der Waals surface area contributed by atoms with E-state index in [0.29, 0.717) is 11.5 Å². The van der Waals surface area contributed by atoms with E-state index in [0.717, 1.165) is 6.07 Å². The first kappa shape index (κ1) is 14.2. The van der Waals surface area contributed by atoms with Crippen LogP contribution in [0.2, 0.25) is 5.02 Å². The lowest BCUT2D eigenvalue weighted by Crippen LogP contribution is -2.16. The van der Waals surface area contributed by atoms with Crippen molar-refractivity contribution in [2.24, 2.45) is 0 Å². The summed E-state index contributed by atoms with van der Waals surface area (Å²) in [4.78, 5) is 16.4. The molecule has 0 saturated carbocycles. The number of benzene rings is 1. The second kappa shape index (κ2) is 5.95. The van der Waals surface area contributed by atoms with Gasteiger partial charge in [0.1, 0.15) is 5.82 Å². The first-order valence-electron chi connectivity index (χ1n) is 6.36. The minimum atomic E-state index is -0.686. The Morgan fingerprint density at radius 2 is 2.09 bits per heavy atom. The van der Waals surface area contributed by atoms with Gasteiger partial charge in [0.2, 0.25) is 0 Å². The molecule has 0 radical (unpaired) electrons.